The molecule has 1 fully saturated rings. The van der Waals surface area contributed by atoms with E-state index in [1.807, 2.05) is 0 Å². The quantitative estimate of drug-likeness (QED) is 0.778. The summed E-state index contributed by atoms with van der Waals surface area (Å²) in [5.41, 5.74) is 5.11. The number of carboxylic acid groups (broad SMARTS) is 1. The van der Waals surface area contributed by atoms with E-state index in [9.17, 15) is 14.0 Å². The highest BCUT2D eigenvalue weighted by Gasteiger charge is 2.35. The van der Waals surface area contributed by atoms with Gasteiger partial charge in [0, 0.05) is 11.2 Å². The summed E-state index contributed by atoms with van der Waals surface area (Å²) >= 11 is 0. The predicted octanol–water partition coefficient (Wildman–Crippen LogP) is 2.51. The molecule has 2 rings (SSSR count). The SMILES string of the molecule is NC(=O)c1cc(F)ccc1NC1(CC(=O)O)CCCCC1. The molecule has 0 atom stereocenters. The van der Waals surface area contributed by atoms with Gasteiger partial charge in [-0.15, -0.1) is 0 Å². The molecule has 4 N–H and O–H groups in total. The molecule has 0 heterocycles. The van der Waals surface area contributed by atoms with Gasteiger partial charge in [0.1, 0.15) is 5.82 Å². The Labute approximate surface area is 122 Å². The smallest absolute Gasteiger partial charge is 0.305 e. The Morgan fingerprint density at radius 1 is 1.29 bits per heavy atom. The van der Waals surface area contributed by atoms with E-state index in [1.54, 1.807) is 0 Å². The number of carbonyl (C=O) groups is 2. The van der Waals surface area contributed by atoms with Crippen LogP contribution in [0.25, 0.3) is 0 Å². The van der Waals surface area contributed by atoms with E-state index in [2.05, 4.69) is 5.32 Å². The maximum Gasteiger partial charge on any atom is 0.305 e. The van der Waals surface area contributed by atoms with Crippen LogP contribution in [0.2, 0.25) is 0 Å². The third-order valence-electron chi connectivity index (χ3n) is 3.95. The van der Waals surface area contributed by atoms with Crippen molar-refractivity contribution >= 4 is 17.6 Å². The maximum absolute atomic E-state index is 13.3. The molecule has 0 spiro atoms. The molecule has 21 heavy (non-hydrogen) atoms. The summed E-state index contributed by atoms with van der Waals surface area (Å²) in [5.74, 6) is -2.18. The Morgan fingerprint density at radius 2 is 1.95 bits per heavy atom. The second kappa shape index (κ2) is 6.11. The first kappa shape index (κ1) is 15.3. The van der Waals surface area contributed by atoms with Crippen molar-refractivity contribution in [3.63, 3.8) is 0 Å². The first-order valence-electron chi connectivity index (χ1n) is 7.01. The molecule has 1 aliphatic rings. The number of nitrogens with two attached hydrogens (primary N) is 1. The molecular weight excluding hydrogens is 275 g/mol. The fourth-order valence-corrected chi connectivity index (χ4v) is 2.98. The Bertz CT molecular complexity index is 554. The van der Waals surface area contributed by atoms with E-state index in [0.29, 0.717) is 18.5 Å². The van der Waals surface area contributed by atoms with Gasteiger partial charge in [-0.05, 0) is 31.0 Å². The number of aliphatic carboxylic acids is 1. The van der Waals surface area contributed by atoms with Crippen molar-refractivity contribution in [2.45, 2.75) is 44.1 Å². The van der Waals surface area contributed by atoms with Crippen LogP contribution in [0.1, 0.15) is 48.9 Å². The molecule has 0 unspecified atom stereocenters. The molecule has 1 amide bonds. The molecule has 1 aliphatic carbocycles. The molecule has 1 aromatic carbocycles. The van der Waals surface area contributed by atoms with Gasteiger partial charge in [0.2, 0.25) is 0 Å². The second-order valence-corrected chi connectivity index (χ2v) is 5.59. The highest BCUT2D eigenvalue weighted by molar-refractivity contribution is 5.98. The molecule has 6 heteroatoms. The number of carboxylic acids is 1. The molecule has 5 nitrogen and oxygen atoms in total. The summed E-state index contributed by atoms with van der Waals surface area (Å²) in [6.07, 6.45) is 4.28. The summed E-state index contributed by atoms with van der Waals surface area (Å²) in [6, 6.07) is 3.74. The van der Waals surface area contributed by atoms with Crippen LogP contribution in [-0.2, 0) is 4.79 Å². The number of hydrogen-bond acceptors (Lipinski definition) is 3. The highest BCUT2D eigenvalue weighted by Crippen LogP contribution is 2.35. The Hall–Kier alpha value is -2.11. The molecule has 0 aliphatic heterocycles. The zero-order valence-electron chi connectivity index (χ0n) is 11.7. The van der Waals surface area contributed by atoms with Gasteiger partial charge in [-0.1, -0.05) is 19.3 Å². The van der Waals surface area contributed by atoms with Gasteiger partial charge >= 0.3 is 5.97 Å². The third-order valence-corrected chi connectivity index (χ3v) is 3.95. The molecule has 1 saturated carbocycles. The molecule has 0 saturated heterocycles. The van der Waals surface area contributed by atoms with Crippen LogP contribution in [0.15, 0.2) is 18.2 Å². The van der Waals surface area contributed by atoms with Crippen molar-refractivity contribution < 1.29 is 19.1 Å². The van der Waals surface area contributed by atoms with E-state index in [1.165, 1.54) is 12.1 Å². The zero-order valence-corrected chi connectivity index (χ0v) is 11.7. The lowest BCUT2D eigenvalue weighted by molar-refractivity contribution is -0.138. The van der Waals surface area contributed by atoms with Crippen molar-refractivity contribution in [1.82, 2.24) is 0 Å². The van der Waals surface area contributed by atoms with Crippen LogP contribution < -0.4 is 11.1 Å². The first-order chi connectivity index (χ1) is 9.92. The van der Waals surface area contributed by atoms with Crippen molar-refractivity contribution in [1.29, 1.82) is 0 Å². The number of nitrogens with one attached hydrogen (secondary N) is 1. The minimum Gasteiger partial charge on any atom is -0.481 e. The lowest BCUT2D eigenvalue weighted by atomic mass is 9.79. The minimum atomic E-state index is -0.896. The monoisotopic (exact) mass is 294 g/mol. The van der Waals surface area contributed by atoms with Crippen molar-refractivity contribution in [2.24, 2.45) is 5.73 Å². The summed E-state index contributed by atoms with van der Waals surface area (Å²) in [6.45, 7) is 0. The van der Waals surface area contributed by atoms with Gasteiger partial charge in [0.05, 0.1) is 12.0 Å². The topological polar surface area (TPSA) is 92.4 Å². The Kier molecular flexibility index (Phi) is 4.45. The molecule has 1 aromatic rings. The lowest BCUT2D eigenvalue weighted by Gasteiger charge is -2.38. The average Bonchev–Trinajstić information content (AvgIpc) is 2.40. The molecule has 0 radical (unpaired) electrons. The zero-order chi connectivity index (χ0) is 15.5. The highest BCUT2D eigenvalue weighted by atomic mass is 19.1. The number of benzene rings is 1. The molecule has 0 aromatic heterocycles. The van der Waals surface area contributed by atoms with Gasteiger partial charge in [0.15, 0.2) is 0 Å². The van der Waals surface area contributed by atoms with Crippen molar-refractivity contribution in [3.8, 4) is 0 Å². The van der Waals surface area contributed by atoms with Gasteiger partial charge in [-0.3, -0.25) is 9.59 Å². The minimum absolute atomic E-state index is 0.0391. The normalized spacial score (nSPS) is 17.2. The second-order valence-electron chi connectivity index (χ2n) is 5.59. The lowest BCUT2D eigenvalue weighted by Crippen LogP contribution is -2.42. The van der Waals surface area contributed by atoms with E-state index in [-0.39, 0.29) is 12.0 Å². The number of hydrogen-bond donors (Lipinski definition) is 3. The van der Waals surface area contributed by atoms with E-state index >= 15 is 0 Å². The van der Waals surface area contributed by atoms with Crippen LogP contribution in [-0.4, -0.2) is 22.5 Å². The summed E-state index contributed by atoms with van der Waals surface area (Å²) < 4.78 is 13.3. The molecule has 0 bridgehead atoms. The number of halogens is 1. The average molecular weight is 294 g/mol. The summed E-state index contributed by atoms with van der Waals surface area (Å²) in [7, 11) is 0. The Balaban J connectivity index is 2.32. The summed E-state index contributed by atoms with van der Waals surface area (Å²) in [4.78, 5) is 22.6. The van der Waals surface area contributed by atoms with Crippen LogP contribution >= 0.6 is 0 Å². The van der Waals surface area contributed by atoms with Crippen molar-refractivity contribution in [3.05, 3.63) is 29.6 Å². The van der Waals surface area contributed by atoms with Crippen LogP contribution in [0, 0.1) is 5.82 Å². The first-order valence-corrected chi connectivity index (χ1v) is 7.01. The van der Waals surface area contributed by atoms with Crippen LogP contribution in [0.4, 0.5) is 10.1 Å². The van der Waals surface area contributed by atoms with Crippen molar-refractivity contribution in [2.75, 3.05) is 5.32 Å². The predicted molar refractivity (Wildman–Crippen MR) is 76.6 cm³/mol. The van der Waals surface area contributed by atoms with Crippen LogP contribution in [0.5, 0.6) is 0 Å². The van der Waals surface area contributed by atoms with Gasteiger partial charge in [-0.25, -0.2) is 4.39 Å². The van der Waals surface area contributed by atoms with Gasteiger partial charge < -0.3 is 16.2 Å². The van der Waals surface area contributed by atoms with E-state index in [0.717, 1.165) is 25.3 Å². The number of primary amides is 1. The number of amides is 1. The molecule has 114 valence electrons. The Morgan fingerprint density at radius 3 is 2.52 bits per heavy atom. The largest absolute Gasteiger partial charge is 0.481 e. The number of rotatable bonds is 5. The molecular formula is C15H19FN2O3. The van der Waals surface area contributed by atoms with E-state index in [4.69, 9.17) is 10.8 Å². The van der Waals surface area contributed by atoms with Gasteiger partial charge in [0.25, 0.3) is 5.91 Å². The number of anilines is 1. The third kappa shape index (κ3) is 3.71. The maximum atomic E-state index is 13.3. The van der Waals surface area contributed by atoms with E-state index < -0.39 is 23.2 Å². The standard InChI is InChI=1S/C15H19FN2O3/c16-10-4-5-12(11(8-10)14(17)21)18-15(9-13(19)20)6-2-1-3-7-15/h4-5,8,18H,1-3,6-7,9H2,(H2,17,21)(H,19,20). The van der Waals surface area contributed by atoms with Gasteiger partial charge in [-0.2, -0.15) is 0 Å². The fourth-order valence-electron chi connectivity index (χ4n) is 2.98. The number of carbonyl (C=O) groups excluding carboxylic acids is 1. The fraction of sp³-hybridized carbons (Fsp3) is 0.467. The summed E-state index contributed by atoms with van der Waals surface area (Å²) in [5, 5.41) is 12.3. The van der Waals surface area contributed by atoms with Crippen LogP contribution in [0.3, 0.4) is 0 Å².